The normalized spacial score (nSPS) is 15.7. The van der Waals surface area contributed by atoms with Crippen LogP contribution >= 0.6 is 0 Å². The summed E-state index contributed by atoms with van der Waals surface area (Å²) in [5.41, 5.74) is 4.60. The molecule has 1 aromatic carbocycles. The summed E-state index contributed by atoms with van der Waals surface area (Å²) in [4.78, 5) is 0. The van der Waals surface area contributed by atoms with E-state index in [1.807, 2.05) is 0 Å². The van der Waals surface area contributed by atoms with Gasteiger partial charge in [-0.15, -0.1) is 0 Å². The minimum atomic E-state index is 0.704. The molecule has 0 saturated carbocycles. The molecule has 0 heterocycles. The highest BCUT2D eigenvalue weighted by Gasteiger charge is 2.08. The van der Waals surface area contributed by atoms with E-state index in [1.165, 1.54) is 30.4 Å². The quantitative estimate of drug-likeness (QED) is 0.683. The molecule has 0 aromatic heterocycles. The topological polar surface area (TPSA) is 0 Å². The molecule has 0 atom stereocenters. The Morgan fingerprint density at radius 3 is 2.53 bits per heavy atom. The molecule has 1 aliphatic carbocycles. The molecule has 1 aromatic rings. The van der Waals surface area contributed by atoms with Gasteiger partial charge in [0.2, 0.25) is 0 Å². The number of rotatable bonds is 4. The molecule has 0 amide bonds. The van der Waals surface area contributed by atoms with Gasteiger partial charge in [0.25, 0.3) is 0 Å². The van der Waals surface area contributed by atoms with E-state index in [-0.39, 0.29) is 0 Å². The third-order valence-corrected chi connectivity index (χ3v) is 3.50. The average Bonchev–Trinajstić information content (AvgIpc) is 2.38. The van der Waals surface area contributed by atoms with Crippen molar-refractivity contribution in [2.75, 3.05) is 0 Å². The highest BCUT2D eigenvalue weighted by molar-refractivity contribution is 5.30. The van der Waals surface area contributed by atoms with Crippen LogP contribution < -0.4 is 0 Å². The molecule has 0 unspecified atom stereocenters. The molecule has 0 bridgehead atoms. The zero-order valence-corrected chi connectivity index (χ0v) is 10.9. The first-order valence-electron chi connectivity index (χ1n) is 6.69. The van der Waals surface area contributed by atoms with Gasteiger partial charge in [-0.1, -0.05) is 67.5 Å². The Balaban J connectivity index is 1.94. The maximum Gasteiger partial charge on any atom is -0.0238 e. The standard InChI is InChI=1S/C17H22/c1-14(2)17-10-6-9-16(13-17)12-11-15-7-4-3-5-8-15/h3-5,7-9,13-14H,6,10-12H2,1-2H3. The minimum Gasteiger partial charge on any atom is -0.0810 e. The first kappa shape index (κ1) is 12.2. The summed E-state index contributed by atoms with van der Waals surface area (Å²) in [6.07, 6.45) is 9.67. The molecule has 17 heavy (non-hydrogen) atoms. The average molecular weight is 226 g/mol. The van der Waals surface area contributed by atoms with Crippen LogP contribution in [0.1, 0.15) is 38.7 Å². The molecule has 0 N–H and O–H groups in total. The number of hydrogen-bond donors (Lipinski definition) is 0. The van der Waals surface area contributed by atoms with Gasteiger partial charge in [0.05, 0.1) is 0 Å². The van der Waals surface area contributed by atoms with E-state index in [1.54, 1.807) is 5.57 Å². The molecule has 2 rings (SSSR count). The molecule has 0 spiro atoms. The van der Waals surface area contributed by atoms with Crippen molar-refractivity contribution in [3.05, 3.63) is 59.2 Å². The number of benzene rings is 1. The molecular formula is C17H22. The van der Waals surface area contributed by atoms with Crippen molar-refractivity contribution in [1.82, 2.24) is 0 Å². The molecule has 0 fully saturated rings. The van der Waals surface area contributed by atoms with Gasteiger partial charge < -0.3 is 0 Å². The summed E-state index contributed by atoms with van der Waals surface area (Å²) in [5.74, 6) is 0.704. The largest absolute Gasteiger partial charge is 0.0810 e. The number of allylic oxidation sites excluding steroid dienone is 4. The fraction of sp³-hybridized carbons (Fsp3) is 0.412. The van der Waals surface area contributed by atoms with Crippen LogP contribution in [-0.2, 0) is 6.42 Å². The second-order valence-corrected chi connectivity index (χ2v) is 5.18. The fourth-order valence-electron chi connectivity index (χ4n) is 2.36. The zero-order valence-electron chi connectivity index (χ0n) is 10.9. The summed E-state index contributed by atoms with van der Waals surface area (Å²) in [6.45, 7) is 4.60. The molecule has 0 nitrogen and oxygen atoms in total. The number of aryl methyl sites for hydroxylation is 1. The van der Waals surface area contributed by atoms with Crippen LogP contribution in [0, 0.1) is 5.92 Å². The van der Waals surface area contributed by atoms with Crippen LogP contribution in [-0.4, -0.2) is 0 Å². The molecule has 0 heteroatoms. The Kier molecular flexibility index (Phi) is 4.19. The van der Waals surface area contributed by atoms with Gasteiger partial charge in [-0.05, 0) is 37.2 Å². The SMILES string of the molecule is CC(C)C1=CC(CCc2ccccc2)=CCC1. The summed E-state index contributed by atoms with van der Waals surface area (Å²) in [6, 6.07) is 10.8. The van der Waals surface area contributed by atoms with Crippen molar-refractivity contribution >= 4 is 0 Å². The van der Waals surface area contributed by atoms with Crippen molar-refractivity contribution in [2.45, 2.75) is 39.5 Å². The lowest BCUT2D eigenvalue weighted by Gasteiger charge is -2.16. The van der Waals surface area contributed by atoms with Gasteiger partial charge in [0, 0.05) is 0 Å². The number of hydrogen-bond acceptors (Lipinski definition) is 0. The van der Waals surface area contributed by atoms with E-state index in [2.05, 4.69) is 56.3 Å². The zero-order chi connectivity index (χ0) is 12.1. The highest BCUT2D eigenvalue weighted by Crippen LogP contribution is 2.25. The third kappa shape index (κ3) is 3.59. The molecular weight excluding hydrogens is 204 g/mol. The third-order valence-electron chi connectivity index (χ3n) is 3.50. The Morgan fingerprint density at radius 2 is 1.82 bits per heavy atom. The van der Waals surface area contributed by atoms with Crippen LogP contribution in [0.15, 0.2) is 53.6 Å². The molecule has 1 aliphatic rings. The lowest BCUT2D eigenvalue weighted by molar-refractivity contribution is 0.701. The maximum absolute atomic E-state index is 2.43. The summed E-state index contributed by atoms with van der Waals surface area (Å²) < 4.78 is 0. The molecule has 0 radical (unpaired) electrons. The molecule has 0 saturated heterocycles. The highest BCUT2D eigenvalue weighted by atomic mass is 14.1. The lowest BCUT2D eigenvalue weighted by Crippen LogP contribution is -2.00. The van der Waals surface area contributed by atoms with Crippen LogP contribution in [0.25, 0.3) is 0 Å². The van der Waals surface area contributed by atoms with E-state index in [9.17, 15) is 0 Å². The second kappa shape index (κ2) is 5.86. The Labute approximate surface area is 105 Å². The maximum atomic E-state index is 2.43. The monoisotopic (exact) mass is 226 g/mol. The van der Waals surface area contributed by atoms with Gasteiger partial charge in [-0.25, -0.2) is 0 Å². The van der Waals surface area contributed by atoms with E-state index in [0.29, 0.717) is 5.92 Å². The van der Waals surface area contributed by atoms with E-state index in [4.69, 9.17) is 0 Å². The molecule has 90 valence electrons. The Hall–Kier alpha value is -1.30. The van der Waals surface area contributed by atoms with Gasteiger partial charge in [-0.2, -0.15) is 0 Å². The predicted octanol–water partition coefficient (Wildman–Crippen LogP) is 4.92. The van der Waals surface area contributed by atoms with Crippen molar-refractivity contribution in [3.8, 4) is 0 Å². The van der Waals surface area contributed by atoms with E-state index < -0.39 is 0 Å². The van der Waals surface area contributed by atoms with Crippen LogP contribution in [0.2, 0.25) is 0 Å². The van der Waals surface area contributed by atoms with Crippen LogP contribution in [0.4, 0.5) is 0 Å². The summed E-state index contributed by atoms with van der Waals surface area (Å²) >= 11 is 0. The van der Waals surface area contributed by atoms with Crippen molar-refractivity contribution in [1.29, 1.82) is 0 Å². The molecule has 0 aliphatic heterocycles. The van der Waals surface area contributed by atoms with Crippen molar-refractivity contribution in [2.24, 2.45) is 5.92 Å². The van der Waals surface area contributed by atoms with Crippen molar-refractivity contribution < 1.29 is 0 Å². The van der Waals surface area contributed by atoms with E-state index in [0.717, 1.165) is 6.42 Å². The van der Waals surface area contributed by atoms with Gasteiger partial charge in [-0.3, -0.25) is 0 Å². The summed E-state index contributed by atoms with van der Waals surface area (Å²) in [5, 5.41) is 0. The van der Waals surface area contributed by atoms with Gasteiger partial charge >= 0.3 is 0 Å². The van der Waals surface area contributed by atoms with Crippen LogP contribution in [0.3, 0.4) is 0 Å². The minimum absolute atomic E-state index is 0.704. The second-order valence-electron chi connectivity index (χ2n) is 5.18. The van der Waals surface area contributed by atoms with Gasteiger partial charge in [0.1, 0.15) is 0 Å². The van der Waals surface area contributed by atoms with E-state index >= 15 is 0 Å². The fourth-order valence-corrected chi connectivity index (χ4v) is 2.36. The van der Waals surface area contributed by atoms with Crippen LogP contribution in [0.5, 0.6) is 0 Å². The predicted molar refractivity (Wildman–Crippen MR) is 75.0 cm³/mol. The van der Waals surface area contributed by atoms with Gasteiger partial charge in [0.15, 0.2) is 0 Å². The first-order valence-corrected chi connectivity index (χ1v) is 6.69. The summed E-state index contributed by atoms with van der Waals surface area (Å²) in [7, 11) is 0. The first-order chi connectivity index (χ1) is 8.25. The Bertz CT molecular complexity index is 407. The smallest absolute Gasteiger partial charge is 0.0238 e. The lowest BCUT2D eigenvalue weighted by atomic mass is 9.89. The Morgan fingerprint density at radius 1 is 1.06 bits per heavy atom. The van der Waals surface area contributed by atoms with Crippen molar-refractivity contribution in [3.63, 3.8) is 0 Å².